The third-order valence-corrected chi connectivity index (χ3v) is 3.05. The molecule has 3 heteroatoms. The topological polar surface area (TPSA) is 57.5 Å². The van der Waals surface area contributed by atoms with Gasteiger partial charge >= 0.3 is 5.97 Å². The highest BCUT2D eigenvalue weighted by Gasteiger charge is 1.96. The van der Waals surface area contributed by atoms with E-state index in [9.17, 15) is 4.79 Å². The lowest BCUT2D eigenvalue weighted by atomic mass is 10.1. The number of aliphatic hydroxyl groups excluding tert-OH is 1. The lowest BCUT2D eigenvalue weighted by Gasteiger charge is -2.02. The van der Waals surface area contributed by atoms with Crippen molar-refractivity contribution in [3.8, 4) is 0 Å². The molecule has 0 aliphatic heterocycles. The minimum absolute atomic E-state index is 0.324. The normalized spacial score (nSPS) is 10.6. The van der Waals surface area contributed by atoms with Gasteiger partial charge in [-0.3, -0.25) is 4.79 Å². The highest BCUT2D eigenvalue weighted by atomic mass is 16.4. The van der Waals surface area contributed by atoms with Gasteiger partial charge in [-0.05, 0) is 12.8 Å². The number of hydrogen-bond donors (Lipinski definition) is 2. The molecule has 0 saturated carbocycles. The van der Waals surface area contributed by atoms with E-state index in [1.807, 2.05) is 0 Å². The van der Waals surface area contributed by atoms with E-state index < -0.39 is 5.97 Å². The Hall–Kier alpha value is -0.570. The molecule has 0 aromatic carbocycles. The first-order valence-corrected chi connectivity index (χ1v) is 7.10. The number of unbranched alkanes of at least 4 members (excludes halogenated alkanes) is 10. The van der Waals surface area contributed by atoms with Gasteiger partial charge in [0.15, 0.2) is 0 Å². The highest BCUT2D eigenvalue weighted by Crippen LogP contribution is 2.11. The summed E-state index contributed by atoms with van der Waals surface area (Å²) in [7, 11) is 0. The molecule has 0 heterocycles. The summed E-state index contributed by atoms with van der Waals surface area (Å²) in [5.74, 6) is -0.673. The molecular formula is C14H28O3. The maximum atomic E-state index is 10.3. The molecule has 0 aromatic rings. The average molecular weight is 244 g/mol. The van der Waals surface area contributed by atoms with Crippen molar-refractivity contribution in [3.63, 3.8) is 0 Å². The van der Waals surface area contributed by atoms with Crippen LogP contribution in [0.5, 0.6) is 0 Å². The van der Waals surface area contributed by atoms with Crippen LogP contribution in [-0.2, 0) is 4.79 Å². The second-order valence-electron chi connectivity index (χ2n) is 4.76. The van der Waals surface area contributed by atoms with Crippen molar-refractivity contribution >= 4 is 5.97 Å². The quantitative estimate of drug-likeness (QED) is 0.485. The van der Waals surface area contributed by atoms with Crippen molar-refractivity contribution in [2.75, 3.05) is 6.61 Å². The summed E-state index contributed by atoms with van der Waals surface area (Å²) in [6.45, 7) is 0.330. The molecule has 0 atom stereocenters. The molecule has 0 fully saturated rings. The van der Waals surface area contributed by atoms with E-state index >= 15 is 0 Å². The van der Waals surface area contributed by atoms with Crippen molar-refractivity contribution in [1.82, 2.24) is 0 Å². The van der Waals surface area contributed by atoms with Gasteiger partial charge in [0.25, 0.3) is 0 Å². The summed E-state index contributed by atoms with van der Waals surface area (Å²) in [5, 5.41) is 17.1. The second kappa shape index (κ2) is 13.5. The van der Waals surface area contributed by atoms with Crippen LogP contribution in [0.3, 0.4) is 0 Å². The standard InChI is InChI=1S/C14H28O3/c15-13-11-9-7-5-3-1-2-4-6-8-10-12-14(16)17/h15H,1-13H2,(H,16,17). The van der Waals surface area contributed by atoms with Gasteiger partial charge in [0.2, 0.25) is 0 Å². The van der Waals surface area contributed by atoms with E-state index in [2.05, 4.69) is 0 Å². The van der Waals surface area contributed by atoms with Crippen LogP contribution in [0.2, 0.25) is 0 Å². The Balaban J connectivity index is 2.91. The molecule has 0 aromatic heterocycles. The van der Waals surface area contributed by atoms with E-state index in [0.29, 0.717) is 13.0 Å². The molecule has 0 bridgehead atoms. The van der Waals surface area contributed by atoms with Crippen LogP contribution < -0.4 is 0 Å². The van der Waals surface area contributed by atoms with Crippen LogP contribution in [0, 0.1) is 0 Å². The lowest BCUT2D eigenvalue weighted by Crippen LogP contribution is -1.93. The zero-order valence-corrected chi connectivity index (χ0v) is 11.0. The number of aliphatic hydroxyl groups is 1. The number of carbonyl (C=O) groups is 1. The molecule has 0 amide bonds. The molecule has 0 radical (unpaired) electrons. The summed E-state index contributed by atoms with van der Waals surface area (Å²) in [5.41, 5.74) is 0. The summed E-state index contributed by atoms with van der Waals surface area (Å²) >= 11 is 0. The predicted octanol–water partition coefficient (Wildman–Crippen LogP) is 3.74. The summed E-state index contributed by atoms with van der Waals surface area (Å²) in [6.07, 6.45) is 13.2. The van der Waals surface area contributed by atoms with Crippen molar-refractivity contribution in [1.29, 1.82) is 0 Å². The Labute approximate surface area is 105 Å². The molecule has 0 aliphatic rings. The lowest BCUT2D eigenvalue weighted by molar-refractivity contribution is -0.137. The molecule has 0 saturated heterocycles. The van der Waals surface area contributed by atoms with Gasteiger partial charge in [-0.1, -0.05) is 57.8 Å². The predicted molar refractivity (Wildman–Crippen MR) is 70.1 cm³/mol. The smallest absolute Gasteiger partial charge is 0.303 e. The first-order chi connectivity index (χ1) is 8.27. The van der Waals surface area contributed by atoms with Gasteiger partial charge in [0.1, 0.15) is 0 Å². The molecule has 3 nitrogen and oxygen atoms in total. The molecule has 0 spiro atoms. The average Bonchev–Trinajstić information content (AvgIpc) is 2.30. The molecule has 102 valence electrons. The monoisotopic (exact) mass is 244 g/mol. The molecule has 17 heavy (non-hydrogen) atoms. The molecule has 0 unspecified atom stereocenters. The van der Waals surface area contributed by atoms with Crippen LogP contribution in [0.15, 0.2) is 0 Å². The van der Waals surface area contributed by atoms with E-state index in [4.69, 9.17) is 10.2 Å². The van der Waals surface area contributed by atoms with Gasteiger partial charge < -0.3 is 10.2 Å². The van der Waals surface area contributed by atoms with Crippen molar-refractivity contribution in [3.05, 3.63) is 0 Å². The first kappa shape index (κ1) is 16.4. The minimum Gasteiger partial charge on any atom is -0.481 e. The Kier molecular flexibility index (Phi) is 13.0. The number of carboxylic acid groups (broad SMARTS) is 1. The zero-order valence-electron chi connectivity index (χ0n) is 11.0. The summed E-state index contributed by atoms with van der Waals surface area (Å²) < 4.78 is 0. The van der Waals surface area contributed by atoms with Gasteiger partial charge in [-0.15, -0.1) is 0 Å². The third kappa shape index (κ3) is 15.4. The maximum absolute atomic E-state index is 10.3. The van der Waals surface area contributed by atoms with Gasteiger partial charge in [-0.25, -0.2) is 0 Å². The van der Waals surface area contributed by atoms with E-state index in [0.717, 1.165) is 25.7 Å². The number of aliphatic carboxylic acids is 1. The largest absolute Gasteiger partial charge is 0.481 e. The SMILES string of the molecule is O=C(O)CCCCCCCCCCCCCO. The Morgan fingerprint density at radius 1 is 0.647 bits per heavy atom. The fraction of sp³-hybridized carbons (Fsp3) is 0.929. The van der Waals surface area contributed by atoms with Gasteiger partial charge in [0, 0.05) is 13.0 Å². The summed E-state index contributed by atoms with van der Waals surface area (Å²) in [6, 6.07) is 0. The number of carboxylic acids is 1. The first-order valence-electron chi connectivity index (χ1n) is 7.10. The molecule has 0 aliphatic carbocycles. The molecule has 0 rings (SSSR count). The fourth-order valence-electron chi connectivity index (χ4n) is 1.98. The van der Waals surface area contributed by atoms with Crippen LogP contribution in [0.4, 0.5) is 0 Å². The van der Waals surface area contributed by atoms with Crippen LogP contribution in [0.25, 0.3) is 0 Å². The molecule has 2 N–H and O–H groups in total. The number of hydrogen-bond acceptors (Lipinski definition) is 2. The van der Waals surface area contributed by atoms with E-state index in [1.165, 1.54) is 44.9 Å². The van der Waals surface area contributed by atoms with Gasteiger partial charge in [-0.2, -0.15) is 0 Å². The van der Waals surface area contributed by atoms with Crippen molar-refractivity contribution in [2.24, 2.45) is 0 Å². The fourth-order valence-corrected chi connectivity index (χ4v) is 1.98. The minimum atomic E-state index is -0.673. The Bertz CT molecular complexity index is 169. The van der Waals surface area contributed by atoms with Crippen molar-refractivity contribution < 1.29 is 15.0 Å². The Morgan fingerprint density at radius 3 is 1.35 bits per heavy atom. The molecular weight excluding hydrogens is 216 g/mol. The highest BCUT2D eigenvalue weighted by molar-refractivity contribution is 5.66. The van der Waals surface area contributed by atoms with Crippen molar-refractivity contribution in [2.45, 2.75) is 77.0 Å². The zero-order chi connectivity index (χ0) is 12.8. The third-order valence-electron chi connectivity index (χ3n) is 3.05. The van der Waals surface area contributed by atoms with Crippen LogP contribution >= 0.6 is 0 Å². The van der Waals surface area contributed by atoms with E-state index in [1.54, 1.807) is 0 Å². The summed E-state index contributed by atoms with van der Waals surface area (Å²) in [4.78, 5) is 10.3. The van der Waals surface area contributed by atoms with E-state index in [-0.39, 0.29) is 0 Å². The van der Waals surface area contributed by atoms with Crippen LogP contribution in [-0.4, -0.2) is 22.8 Å². The van der Waals surface area contributed by atoms with Gasteiger partial charge in [0.05, 0.1) is 0 Å². The maximum Gasteiger partial charge on any atom is 0.303 e. The Morgan fingerprint density at radius 2 is 1.00 bits per heavy atom. The van der Waals surface area contributed by atoms with Crippen LogP contribution in [0.1, 0.15) is 77.0 Å². The number of rotatable bonds is 13. The second-order valence-corrected chi connectivity index (χ2v) is 4.76.